The van der Waals surface area contributed by atoms with Crippen molar-refractivity contribution < 1.29 is 19.8 Å². The fourth-order valence-electron chi connectivity index (χ4n) is 0. The van der Waals surface area contributed by atoms with Crippen LogP contribution >= 0.6 is 19.0 Å². The van der Waals surface area contributed by atoms with E-state index in [4.69, 9.17) is 9.79 Å². The molecule has 0 fully saturated rings. The second-order valence-corrected chi connectivity index (χ2v) is 3.10. The van der Waals surface area contributed by atoms with Crippen molar-refractivity contribution in [2.45, 2.75) is 0 Å². The molecular formula is H7Li2O4PS. The minimum absolute atomic E-state index is 0. The van der Waals surface area contributed by atoms with E-state index in [-0.39, 0.29) is 43.2 Å². The van der Waals surface area contributed by atoms with E-state index in [1.165, 1.54) is 0 Å². The molecule has 0 aromatic heterocycles. The molecule has 0 amide bonds. The monoisotopic (exact) mass is 148 g/mol. The molecule has 8 heavy (non-hydrogen) atoms. The molecular weight excluding hydrogens is 141 g/mol. The number of thiol groups is 1. The first-order valence-electron chi connectivity index (χ1n) is 0.783. The predicted octanol–water partition coefficient (Wildman–Crippen LogP) is -2.11. The first-order chi connectivity index (χ1) is 2.00. The molecule has 8 heteroatoms. The Morgan fingerprint density at radius 3 is 1.25 bits per heavy atom. The van der Waals surface area contributed by atoms with Gasteiger partial charge in [0.1, 0.15) is 0 Å². The van der Waals surface area contributed by atoms with Crippen LogP contribution in [0.3, 0.4) is 0 Å². The third-order valence-corrected chi connectivity index (χ3v) is 0. The zero-order valence-corrected chi connectivity index (χ0v) is 4.49. The van der Waals surface area contributed by atoms with Crippen LogP contribution in [0.25, 0.3) is 0 Å². The van der Waals surface area contributed by atoms with Gasteiger partial charge in [0.25, 0.3) is 0 Å². The number of hydrogen-bond acceptors (Lipinski definition) is 1. The molecule has 0 unspecified atom stereocenters. The standard InChI is InChI=1S/2Li.H3O3PS.H2O.2H/c;;1-4(2,3)5;;;/h;;(H3,1,2,3,5);1H2;;. The average molecular weight is 148 g/mol. The maximum atomic E-state index is 9.19. The van der Waals surface area contributed by atoms with Crippen molar-refractivity contribution in [2.24, 2.45) is 0 Å². The Labute approximate surface area is 76.4 Å². The van der Waals surface area contributed by atoms with E-state index in [1.54, 1.807) is 0 Å². The second-order valence-electron chi connectivity index (χ2n) is 0.513. The van der Waals surface area contributed by atoms with Crippen molar-refractivity contribution in [3.63, 3.8) is 0 Å². The van der Waals surface area contributed by atoms with Gasteiger partial charge >= 0.3 is 44.5 Å². The minimum atomic E-state index is -3.94. The molecule has 0 heterocycles. The summed E-state index contributed by atoms with van der Waals surface area (Å²) < 4.78 is 9.19. The Morgan fingerprint density at radius 2 is 1.25 bits per heavy atom. The van der Waals surface area contributed by atoms with Gasteiger partial charge in [0.2, 0.25) is 0 Å². The summed E-state index contributed by atoms with van der Waals surface area (Å²) in [6.45, 7) is -3.94. The summed E-state index contributed by atoms with van der Waals surface area (Å²) >= 11 is 2.79. The van der Waals surface area contributed by atoms with Crippen LogP contribution in [-0.2, 0) is 4.57 Å². The predicted molar refractivity (Wildman–Crippen MR) is 38.9 cm³/mol. The van der Waals surface area contributed by atoms with Gasteiger partial charge in [0.15, 0.2) is 0 Å². The maximum absolute atomic E-state index is 9.19. The van der Waals surface area contributed by atoms with Gasteiger partial charge in [-0.2, -0.15) is 0 Å². The average Bonchev–Trinajstić information content (AvgIpc) is 0.722. The van der Waals surface area contributed by atoms with Crippen LogP contribution in [0.1, 0.15) is 0 Å². The third-order valence-electron chi connectivity index (χ3n) is 0. The van der Waals surface area contributed by atoms with Gasteiger partial charge in [-0.3, -0.25) is 0 Å². The van der Waals surface area contributed by atoms with Crippen molar-refractivity contribution >= 4 is 56.8 Å². The quantitative estimate of drug-likeness (QED) is 0.208. The molecule has 4 N–H and O–H groups in total. The van der Waals surface area contributed by atoms with E-state index in [0.717, 1.165) is 0 Å². The van der Waals surface area contributed by atoms with Gasteiger partial charge in [-0.25, -0.2) is 4.57 Å². The number of rotatable bonds is 0. The van der Waals surface area contributed by atoms with Crippen LogP contribution in [0, 0.1) is 0 Å². The number of hydrogen-bond donors (Lipinski definition) is 3. The molecule has 0 aliphatic heterocycles. The third kappa shape index (κ3) is 124. The summed E-state index contributed by atoms with van der Waals surface area (Å²) in [6.07, 6.45) is 0. The Hall–Kier alpha value is 1.65. The van der Waals surface area contributed by atoms with Crippen molar-refractivity contribution in [1.82, 2.24) is 0 Å². The van der Waals surface area contributed by atoms with Gasteiger partial charge < -0.3 is 15.3 Å². The second kappa shape index (κ2) is 8.65. The van der Waals surface area contributed by atoms with E-state index in [0.29, 0.717) is 0 Å². The van der Waals surface area contributed by atoms with Gasteiger partial charge in [-0.05, 0) is 0 Å². The van der Waals surface area contributed by atoms with Crippen LogP contribution in [0.4, 0.5) is 0 Å². The van der Waals surface area contributed by atoms with E-state index < -0.39 is 6.80 Å². The Balaban J connectivity index is -0.0000000267. The Morgan fingerprint density at radius 1 is 1.25 bits per heavy atom. The summed E-state index contributed by atoms with van der Waals surface area (Å²) in [4.78, 5) is 15.0. The topological polar surface area (TPSA) is 89.0 Å². The fourth-order valence-corrected chi connectivity index (χ4v) is 0. The fraction of sp³-hybridized carbons (Fsp3) is 0. The van der Waals surface area contributed by atoms with E-state index in [2.05, 4.69) is 12.2 Å². The molecule has 0 aromatic rings. The van der Waals surface area contributed by atoms with Crippen LogP contribution in [0.2, 0.25) is 0 Å². The Bertz CT molecular complexity index is 60.2. The molecule has 0 atom stereocenters. The molecule has 44 valence electrons. The van der Waals surface area contributed by atoms with Crippen LogP contribution < -0.4 is 0 Å². The molecule has 0 aliphatic carbocycles. The van der Waals surface area contributed by atoms with Gasteiger partial charge in [0, 0.05) is 0 Å². The summed E-state index contributed by atoms with van der Waals surface area (Å²) in [5.41, 5.74) is 0. The van der Waals surface area contributed by atoms with Crippen LogP contribution in [0.5, 0.6) is 0 Å². The van der Waals surface area contributed by atoms with E-state index in [9.17, 15) is 4.57 Å². The molecule has 0 aromatic carbocycles. The SMILES string of the molecule is O.O=P(O)(O)S.[LiH].[LiH]. The molecule has 0 saturated heterocycles. The zero-order chi connectivity index (χ0) is 4.50. The van der Waals surface area contributed by atoms with Crippen molar-refractivity contribution in [1.29, 1.82) is 0 Å². The molecule has 0 saturated carbocycles. The normalized spacial score (nSPS) is 7.38. The summed E-state index contributed by atoms with van der Waals surface area (Å²) in [6, 6.07) is 0. The summed E-state index contributed by atoms with van der Waals surface area (Å²) in [7, 11) is 0. The summed E-state index contributed by atoms with van der Waals surface area (Å²) in [5.74, 6) is 0. The van der Waals surface area contributed by atoms with Gasteiger partial charge in [-0.1, -0.05) is 12.2 Å². The van der Waals surface area contributed by atoms with E-state index in [1.807, 2.05) is 0 Å². The summed E-state index contributed by atoms with van der Waals surface area (Å²) in [5, 5.41) is 0. The first kappa shape index (κ1) is 22.6. The Kier molecular flexibility index (Phi) is 24.5. The zero-order valence-electron chi connectivity index (χ0n) is 2.70. The molecule has 0 radical (unpaired) electrons. The van der Waals surface area contributed by atoms with Crippen molar-refractivity contribution in [3.8, 4) is 0 Å². The van der Waals surface area contributed by atoms with E-state index >= 15 is 0 Å². The van der Waals surface area contributed by atoms with Gasteiger partial charge in [0.05, 0.1) is 0 Å². The van der Waals surface area contributed by atoms with Crippen molar-refractivity contribution in [2.75, 3.05) is 0 Å². The van der Waals surface area contributed by atoms with Gasteiger partial charge in [-0.15, -0.1) is 0 Å². The van der Waals surface area contributed by atoms with Crippen molar-refractivity contribution in [3.05, 3.63) is 0 Å². The molecule has 0 aliphatic rings. The molecule has 0 rings (SSSR count). The molecule has 4 nitrogen and oxygen atoms in total. The first-order valence-corrected chi connectivity index (χ1v) is 3.55. The van der Waals surface area contributed by atoms with Crippen LogP contribution in [-0.4, -0.2) is 53.0 Å². The van der Waals surface area contributed by atoms with Crippen LogP contribution in [0.15, 0.2) is 0 Å². The molecule has 0 bridgehead atoms. The molecule has 0 spiro atoms.